The summed E-state index contributed by atoms with van der Waals surface area (Å²) in [7, 11) is 1.42. The average molecular weight is 474 g/mol. The minimum atomic E-state index is -0.170. The van der Waals surface area contributed by atoms with E-state index in [0.717, 1.165) is 10.4 Å². The minimum absolute atomic E-state index is 0.0708. The van der Waals surface area contributed by atoms with Crippen molar-refractivity contribution in [3.63, 3.8) is 0 Å². The summed E-state index contributed by atoms with van der Waals surface area (Å²) in [5, 5.41) is 19.5. The molecule has 1 aliphatic rings. The van der Waals surface area contributed by atoms with Gasteiger partial charge >= 0.3 is 5.97 Å². The summed E-state index contributed by atoms with van der Waals surface area (Å²) in [6, 6.07) is 8.29. The highest BCUT2D eigenvalue weighted by Gasteiger charge is 2.30. The van der Waals surface area contributed by atoms with E-state index in [4.69, 9.17) is 17.0 Å². The highest BCUT2D eigenvalue weighted by molar-refractivity contribution is 7.80. The van der Waals surface area contributed by atoms with Crippen molar-refractivity contribution in [3.05, 3.63) is 35.2 Å². The highest BCUT2D eigenvalue weighted by Crippen LogP contribution is 2.44. The van der Waals surface area contributed by atoms with Crippen LogP contribution in [0, 0.1) is 5.92 Å². The molecule has 1 aromatic heterocycles. The summed E-state index contributed by atoms with van der Waals surface area (Å²) in [5.41, 5.74) is 2.83. The molecule has 2 aromatic rings. The number of carbonyl (C=O) groups is 1. The smallest absolute Gasteiger partial charge is 0.308 e. The van der Waals surface area contributed by atoms with Gasteiger partial charge in [-0.3, -0.25) is 4.79 Å². The number of thiophene rings is 1. The number of anilines is 1. The fourth-order valence-electron chi connectivity index (χ4n) is 3.76. The van der Waals surface area contributed by atoms with Gasteiger partial charge < -0.3 is 14.7 Å². The number of rotatable bonds is 4. The maximum atomic E-state index is 11.8. The molecule has 2 heterocycles. The van der Waals surface area contributed by atoms with Crippen molar-refractivity contribution in [1.82, 2.24) is 4.90 Å². The number of carbonyl (C=O) groups excluding carboxylic acids is 1. The Hall–Kier alpha value is -2.45. The summed E-state index contributed by atoms with van der Waals surface area (Å²) >= 11 is 7.20. The number of piperidine rings is 1. The van der Waals surface area contributed by atoms with Gasteiger partial charge in [-0.25, -0.2) is 5.01 Å². The molecule has 172 valence electrons. The molecule has 0 saturated carbocycles. The van der Waals surface area contributed by atoms with E-state index in [0.29, 0.717) is 36.7 Å². The summed E-state index contributed by atoms with van der Waals surface area (Å²) in [5.74, 6) is -0.105. The lowest BCUT2D eigenvalue weighted by molar-refractivity contribution is -0.146. The van der Waals surface area contributed by atoms with E-state index in [1.54, 1.807) is 11.2 Å². The van der Waals surface area contributed by atoms with Crippen molar-refractivity contribution < 1.29 is 14.6 Å². The Morgan fingerprint density at radius 1 is 1.28 bits per heavy atom. The van der Waals surface area contributed by atoms with E-state index in [2.05, 4.69) is 38.0 Å². The number of esters is 1. The van der Waals surface area contributed by atoms with Crippen LogP contribution in [0.4, 0.5) is 5.69 Å². The molecule has 1 N–H and O–H groups in total. The van der Waals surface area contributed by atoms with Gasteiger partial charge in [0.2, 0.25) is 0 Å². The van der Waals surface area contributed by atoms with E-state index in [-0.39, 0.29) is 23.1 Å². The number of nitrogens with zero attached hydrogens (tertiary/aromatic N) is 3. The minimum Gasteiger partial charge on any atom is -0.504 e. The Labute approximate surface area is 199 Å². The number of hydrogen-bond acceptors (Lipinski definition) is 6. The van der Waals surface area contributed by atoms with Crippen LogP contribution in [-0.4, -0.2) is 47.5 Å². The summed E-state index contributed by atoms with van der Waals surface area (Å²) in [6.07, 6.45) is 3.01. The van der Waals surface area contributed by atoms with Crippen LogP contribution >= 0.6 is 23.6 Å². The fourth-order valence-corrected chi connectivity index (χ4v) is 5.01. The molecule has 0 unspecified atom stereocenters. The van der Waals surface area contributed by atoms with Gasteiger partial charge in [0, 0.05) is 24.7 Å². The number of likely N-dealkylation sites (tertiary alicyclic amines) is 1. The third kappa shape index (κ3) is 5.13. The molecular formula is C24H31N3O3S2. The van der Waals surface area contributed by atoms with Gasteiger partial charge in [0.1, 0.15) is 5.69 Å². The Morgan fingerprint density at radius 2 is 1.91 bits per heavy atom. The molecule has 6 nitrogen and oxygen atoms in total. The lowest BCUT2D eigenvalue weighted by Gasteiger charge is -2.35. The number of methoxy groups -OCH3 is 1. The molecular weight excluding hydrogens is 442 g/mol. The Balaban J connectivity index is 1.81. The highest BCUT2D eigenvalue weighted by atomic mass is 32.1. The van der Waals surface area contributed by atoms with Crippen LogP contribution in [-0.2, 0) is 14.9 Å². The van der Waals surface area contributed by atoms with Crippen molar-refractivity contribution in [2.75, 3.05) is 25.2 Å². The molecule has 32 heavy (non-hydrogen) atoms. The Morgan fingerprint density at radius 3 is 2.44 bits per heavy atom. The lowest BCUT2D eigenvalue weighted by atomic mass is 9.86. The Kier molecular flexibility index (Phi) is 7.56. The number of benzene rings is 1. The maximum Gasteiger partial charge on any atom is 0.308 e. The normalized spacial score (nSPS) is 15.2. The molecule has 0 amide bonds. The first-order chi connectivity index (χ1) is 15.2. The number of thiocarbonyl (C=S) groups is 1. The van der Waals surface area contributed by atoms with Gasteiger partial charge in [-0.2, -0.15) is 5.10 Å². The zero-order chi connectivity index (χ0) is 23.5. The fraction of sp³-hybridized carbons (Fsp3) is 0.458. The topological polar surface area (TPSA) is 65.4 Å². The van der Waals surface area contributed by atoms with Crippen LogP contribution in [0.15, 0.2) is 34.7 Å². The van der Waals surface area contributed by atoms with Gasteiger partial charge in [0.25, 0.3) is 0 Å². The predicted molar refractivity (Wildman–Crippen MR) is 136 cm³/mol. The van der Waals surface area contributed by atoms with Crippen LogP contribution in [0.25, 0.3) is 10.4 Å². The second-order valence-corrected chi connectivity index (χ2v) is 10.1. The van der Waals surface area contributed by atoms with E-state index in [1.165, 1.54) is 24.0 Å². The Bertz CT molecular complexity index is 985. The second kappa shape index (κ2) is 10.0. The standard InChI is InChI=1S/C24H31N3O3S2/c1-6-25-27(23(31)26-13-11-17(12-14-26)22(29)30-5)19-15-32-21(20(19)28)16-7-9-18(10-8-16)24(2,3)4/h6-10,15,17,28H,11-14H2,1-5H3. The second-order valence-electron chi connectivity index (χ2n) is 8.88. The van der Waals surface area contributed by atoms with E-state index in [1.807, 2.05) is 29.3 Å². The van der Waals surface area contributed by atoms with Crippen molar-refractivity contribution in [2.45, 2.75) is 46.0 Å². The molecule has 0 spiro atoms. The molecule has 1 aromatic carbocycles. The molecule has 1 aliphatic heterocycles. The van der Waals surface area contributed by atoms with Crippen molar-refractivity contribution in [1.29, 1.82) is 0 Å². The summed E-state index contributed by atoms with van der Waals surface area (Å²) < 4.78 is 4.87. The molecule has 3 rings (SSSR count). The van der Waals surface area contributed by atoms with Crippen molar-refractivity contribution in [3.8, 4) is 16.2 Å². The van der Waals surface area contributed by atoms with Crippen LogP contribution in [0.5, 0.6) is 5.75 Å². The number of hydrazone groups is 1. The van der Waals surface area contributed by atoms with Crippen molar-refractivity contribution >= 4 is 46.5 Å². The third-order valence-electron chi connectivity index (χ3n) is 5.70. The molecule has 8 heteroatoms. The van der Waals surface area contributed by atoms with Crippen LogP contribution in [0.2, 0.25) is 0 Å². The quantitative estimate of drug-likeness (QED) is 0.278. The van der Waals surface area contributed by atoms with Crippen LogP contribution in [0.3, 0.4) is 0 Å². The first-order valence-electron chi connectivity index (χ1n) is 10.7. The predicted octanol–water partition coefficient (Wildman–Crippen LogP) is 5.40. The zero-order valence-corrected chi connectivity index (χ0v) is 20.9. The SMILES string of the molecule is CC=NN(C(=S)N1CCC(C(=O)OC)CC1)c1csc(-c2ccc(C(C)(C)C)cc2)c1O. The lowest BCUT2D eigenvalue weighted by Crippen LogP contribution is -2.45. The summed E-state index contributed by atoms with van der Waals surface area (Å²) in [4.78, 5) is 14.6. The monoisotopic (exact) mass is 473 g/mol. The molecule has 1 fully saturated rings. The number of aromatic hydroxyl groups is 1. The first-order valence-corrected chi connectivity index (χ1v) is 12.0. The first kappa shape index (κ1) is 24.2. The summed E-state index contributed by atoms with van der Waals surface area (Å²) in [6.45, 7) is 9.63. The molecule has 0 radical (unpaired) electrons. The molecule has 0 bridgehead atoms. The van der Waals surface area contributed by atoms with Gasteiger partial charge in [-0.15, -0.1) is 11.3 Å². The van der Waals surface area contributed by atoms with E-state index in [9.17, 15) is 9.90 Å². The average Bonchev–Trinajstić information content (AvgIpc) is 3.17. The third-order valence-corrected chi connectivity index (χ3v) is 7.14. The number of hydrogen-bond donors (Lipinski definition) is 1. The molecule has 0 atom stereocenters. The molecule has 1 saturated heterocycles. The van der Waals surface area contributed by atoms with Crippen LogP contribution in [0.1, 0.15) is 46.1 Å². The van der Waals surface area contributed by atoms with Gasteiger partial charge in [-0.05, 0) is 48.5 Å². The van der Waals surface area contributed by atoms with Gasteiger partial charge in [0.15, 0.2) is 10.9 Å². The van der Waals surface area contributed by atoms with Crippen LogP contribution < -0.4 is 5.01 Å². The van der Waals surface area contributed by atoms with E-state index < -0.39 is 0 Å². The van der Waals surface area contributed by atoms with E-state index >= 15 is 0 Å². The molecule has 0 aliphatic carbocycles. The van der Waals surface area contributed by atoms with Crippen molar-refractivity contribution in [2.24, 2.45) is 11.0 Å². The maximum absolute atomic E-state index is 11.8. The van der Waals surface area contributed by atoms with Gasteiger partial charge in [-0.1, -0.05) is 45.0 Å². The number of ether oxygens (including phenoxy) is 1. The van der Waals surface area contributed by atoms with Gasteiger partial charge in [0.05, 0.1) is 17.9 Å². The largest absolute Gasteiger partial charge is 0.504 e. The zero-order valence-electron chi connectivity index (χ0n) is 19.3.